The molecule has 9 heavy (non-hydrogen) atoms. The van der Waals surface area contributed by atoms with Crippen LogP contribution in [0.15, 0.2) is 24.4 Å². The summed E-state index contributed by atoms with van der Waals surface area (Å²) in [7, 11) is 0. The molecular formula is C7H8NO+. The van der Waals surface area contributed by atoms with E-state index in [0.29, 0.717) is 0 Å². The van der Waals surface area contributed by atoms with Gasteiger partial charge in [0, 0.05) is 6.07 Å². The van der Waals surface area contributed by atoms with Crippen molar-refractivity contribution in [2.75, 3.05) is 6.61 Å². The van der Waals surface area contributed by atoms with Crippen LogP contribution in [-0.4, -0.2) is 6.61 Å². The highest BCUT2D eigenvalue weighted by Gasteiger charge is 2.16. The summed E-state index contributed by atoms with van der Waals surface area (Å²) in [5.74, 6) is 0.984. The normalized spacial score (nSPS) is 14.7. The number of hydrogen-bond donors (Lipinski definition) is 0. The second-order valence-electron chi connectivity index (χ2n) is 2.08. The SMILES string of the molecule is c1cc[n+]2c(c1)OCC2. The number of pyridine rings is 1. The van der Waals surface area contributed by atoms with Gasteiger partial charge in [-0.3, -0.25) is 0 Å². The second-order valence-corrected chi connectivity index (χ2v) is 2.08. The Balaban J connectivity index is 2.54. The predicted octanol–water partition coefficient (Wildman–Crippen LogP) is 0.366. The van der Waals surface area contributed by atoms with Gasteiger partial charge in [-0.2, -0.15) is 4.57 Å². The molecule has 0 spiro atoms. The van der Waals surface area contributed by atoms with Gasteiger partial charge in [0.25, 0.3) is 0 Å². The van der Waals surface area contributed by atoms with E-state index in [1.807, 2.05) is 24.4 Å². The Morgan fingerprint density at radius 3 is 3.33 bits per heavy atom. The zero-order valence-corrected chi connectivity index (χ0v) is 5.08. The first kappa shape index (κ1) is 4.79. The van der Waals surface area contributed by atoms with Crippen molar-refractivity contribution in [3.8, 4) is 5.88 Å². The van der Waals surface area contributed by atoms with Crippen LogP contribution in [0.2, 0.25) is 0 Å². The standard InChI is InChI=1S/C7H8NO/c1-2-4-8-5-6-9-7(8)3-1/h1-4H,5-6H2/q+1. The molecule has 0 saturated heterocycles. The maximum atomic E-state index is 5.26. The van der Waals surface area contributed by atoms with E-state index < -0.39 is 0 Å². The van der Waals surface area contributed by atoms with Gasteiger partial charge in [-0.15, -0.1) is 0 Å². The highest BCUT2D eigenvalue weighted by molar-refractivity contribution is 5.03. The Kier molecular flexibility index (Phi) is 0.918. The summed E-state index contributed by atoms with van der Waals surface area (Å²) < 4.78 is 7.36. The van der Waals surface area contributed by atoms with Crippen molar-refractivity contribution in [3.05, 3.63) is 24.4 Å². The number of aromatic nitrogens is 1. The quantitative estimate of drug-likeness (QED) is 0.453. The van der Waals surface area contributed by atoms with Crippen LogP contribution in [0.1, 0.15) is 0 Å². The fourth-order valence-corrected chi connectivity index (χ4v) is 1.02. The third kappa shape index (κ3) is 0.669. The first-order valence-electron chi connectivity index (χ1n) is 3.08. The smallest absolute Gasteiger partial charge is 0.368 e. The molecule has 1 aliphatic rings. The molecule has 2 nitrogen and oxygen atoms in total. The van der Waals surface area contributed by atoms with Crippen molar-refractivity contribution in [2.45, 2.75) is 6.54 Å². The summed E-state index contributed by atoms with van der Waals surface area (Å²) in [4.78, 5) is 0. The fraction of sp³-hybridized carbons (Fsp3) is 0.286. The zero-order chi connectivity index (χ0) is 6.10. The minimum Gasteiger partial charge on any atom is -0.438 e. The first-order chi connectivity index (χ1) is 4.47. The van der Waals surface area contributed by atoms with E-state index >= 15 is 0 Å². The van der Waals surface area contributed by atoms with Crippen LogP contribution < -0.4 is 9.30 Å². The Morgan fingerprint density at radius 2 is 2.44 bits per heavy atom. The zero-order valence-electron chi connectivity index (χ0n) is 5.08. The highest BCUT2D eigenvalue weighted by atomic mass is 16.5. The lowest BCUT2D eigenvalue weighted by Crippen LogP contribution is -2.28. The summed E-state index contributed by atoms with van der Waals surface area (Å²) in [5.41, 5.74) is 0. The van der Waals surface area contributed by atoms with E-state index in [1.54, 1.807) is 0 Å². The van der Waals surface area contributed by atoms with Crippen molar-refractivity contribution in [1.82, 2.24) is 0 Å². The molecule has 46 valence electrons. The van der Waals surface area contributed by atoms with Gasteiger partial charge >= 0.3 is 5.88 Å². The number of nitrogens with zero attached hydrogens (tertiary/aromatic N) is 1. The van der Waals surface area contributed by atoms with Crippen LogP contribution >= 0.6 is 0 Å². The molecule has 0 aliphatic carbocycles. The van der Waals surface area contributed by atoms with Gasteiger partial charge in [0.15, 0.2) is 19.3 Å². The molecule has 1 aromatic heterocycles. The molecule has 0 saturated carbocycles. The third-order valence-electron chi connectivity index (χ3n) is 1.48. The maximum absolute atomic E-state index is 5.26. The van der Waals surface area contributed by atoms with Crippen LogP contribution in [-0.2, 0) is 6.54 Å². The minimum atomic E-state index is 0.823. The lowest BCUT2D eigenvalue weighted by molar-refractivity contribution is -0.679. The molecule has 2 heterocycles. The van der Waals surface area contributed by atoms with Crippen LogP contribution in [0.5, 0.6) is 5.88 Å². The molecule has 1 aliphatic heterocycles. The van der Waals surface area contributed by atoms with Crippen molar-refractivity contribution < 1.29 is 9.30 Å². The third-order valence-corrected chi connectivity index (χ3v) is 1.48. The molecular weight excluding hydrogens is 114 g/mol. The summed E-state index contributed by atoms with van der Waals surface area (Å²) >= 11 is 0. The molecule has 0 N–H and O–H groups in total. The number of hydrogen-bond acceptors (Lipinski definition) is 1. The van der Waals surface area contributed by atoms with E-state index in [-0.39, 0.29) is 0 Å². The average molecular weight is 122 g/mol. The summed E-state index contributed by atoms with van der Waals surface area (Å²) in [6.07, 6.45) is 2.03. The molecule has 0 aromatic carbocycles. The molecule has 2 heteroatoms. The Hall–Kier alpha value is -1.05. The molecule has 2 rings (SSSR count). The molecule has 1 aromatic rings. The van der Waals surface area contributed by atoms with E-state index in [9.17, 15) is 0 Å². The van der Waals surface area contributed by atoms with E-state index in [0.717, 1.165) is 19.0 Å². The lowest BCUT2D eigenvalue weighted by atomic mass is 10.5. The number of ether oxygens (including phenoxy) is 1. The topological polar surface area (TPSA) is 13.1 Å². The Labute approximate surface area is 53.7 Å². The molecule has 0 fully saturated rings. The van der Waals surface area contributed by atoms with Crippen molar-refractivity contribution in [1.29, 1.82) is 0 Å². The van der Waals surface area contributed by atoms with Gasteiger partial charge in [0.2, 0.25) is 0 Å². The molecule has 0 amide bonds. The van der Waals surface area contributed by atoms with Crippen molar-refractivity contribution in [3.63, 3.8) is 0 Å². The molecule has 0 radical (unpaired) electrons. The van der Waals surface area contributed by atoms with Crippen LogP contribution in [0.25, 0.3) is 0 Å². The average Bonchev–Trinajstić information content (AvgIpc) is 2.33. The van der Waals surface area contributed by atoms with Gasteiger partial charge in [0.05, 0.1) is 6.07 Å². The number of rotatable bonds is 0. The largest absolute Gasteiger partial charge is 0.438 e. The first-order valence-corrected chi connectivity index (χ1v) is 3.08. The summed E-state index contributed by atoms with van der Waals surface area (Å²) in [5, 5.41) is 0. The highest BCUT2D eigenvalue weighted by Crippen LogP contribution is 2.05. The van der Waals surface area contributed by atoms with Crippen molar-refractivity contribution >= 4 is 0 Å². The fourth-order valence-electron chi connectivity index (χ4n) is 1.02. The monoisotopic (exact) mass is 122 g/mol. The second kappa shape index (κ2) is 1.72. The number of fused-ring (bicyclic) bond motifs is 1. The van der Waals surface area contributed by atoms with E-state index in [2.05, 4.69) is 4.57 Å². The summed E-state index contributed by atoms with van der Waals surface area (Å²) in [6.45, 7) is 1.82. The van der Waals surface area contributed by atoms with Gasteiger partial charge in [-0.1, -0.05) is 0 Å². The van der Waals surface area contributed by atoms with Gasteiger partial charge in [-0.05, 0) is 6.07 Å². The van der Waals surface area contributed by atoms with Gasteiger partial charge < -0.3 is 4.74 Å². The van der Waals surface area contributed by atoms with Crippen LogP contribution in [0.3, 0.4) is 0 Å². The minimum absolute atomic E-state index is 0.823. The molecule has 0 unspecified atom stereocenters. The predicted molar refractivity (Wildman–Crippen MR) is 32.1 cm³/mol. The Bertz CT molecular complexity index is 199. The van der Waals surface area contributed by atoms with E-state index in [1.165, 1.54) is 0 Å². The van der Waals surface area contributed by atoms with Crippen LogP contribution in [0.4, 0.5) is 0 Å². The molecule has 0 atom stereocenters. The molecule has 0 bridgehead atoms. The lowest BCUT2D eigenvalue weighted by Gasteiger charge is -1.85. The maximum Gasteiger partial charge on any atom is 0.368 e. The Morgan fingerprint density at radius 1 is 1.44 bits per heavy atom. The van der Waals surface area contributed by atoms with E-state index in [4.69, 9.17) is 4.74 Å². The van der Waals surface area contributed by atoms with Crippen molar-refractivity contribution in [2.24, 2.45) is 0 Å². The van der Waals surface area contributed by atoms with Crippen LogP contribution in [0, 0.1) is 0 Å². The summed E-state index contributed by atoms with van der Waals surface area (Å²) in [6, 6.07) is 5.97. The van der Waals surface area contributed by atoms with Gasteiger partial charge in [0.1, 0.15) is 0 Å². The van der Waals surface area contributed by atoms with Gasteiger partial charge in [-0.25, -0.2) is 0 Å².